The lowest BCUT2D eigenvalue weighted by atomic mass is 9.84. The van der Waals surface area contributed by atoms with E-state index < -0.39 is 0 Å². The minimum absolute atomic E-state index is 0.127. The van der Waals surface area contributed by atoms with Gasteiger partial charge >= 0.3 is 0 Å². The Morgan fingerprint density at radius 1 is 1.33 bits per heavy atom. The van der Waals surface area contributed by atoms with Crippen LogP contribution in [0.15, 0.2) is 0 Å². The minimum atomic E-state index is 0.127. The van der Waals surface area contributed by atoms with E-state index in [0.717, 1.165) is 31.0 Å². The maximum Gasteiger partial charge on any atom is 0.0666 e. The number of nitrogens with one attached hydrogen (secondary N) is 1. The third-order valence-electron chi connectivity index (χ3n) is 5.51. The summed E-state index contributed by atoms with van der Waals surface area (Å²) in [5.41, 5.74) is 0.127. The van der Waals surface area contributed by atoms with Crippen LogP contribution in [0.4, 0.5) is 0 Å². The molecule has 0 aromatic carbocycles. The van der Waals surface area contributed by atoms with Crippen LogP contribution in [0.1, 0.15) is 46.0 Å². The van der Waals surface area contributed by atoms with Gasteiger partial charge in [0.25, 0.3) is 0 Å². The highest BCUT2D eigenvalue weighted by Gasteiger charge is 2.41. The summed E-state index contributed by atoms with van der Waals surface area (Å²) in [6.45, 7) is 9.29. The summed E-state index contributed by atoms with van der Waals surface area (Å²) in [7, 11) is 0. The summed E-state index contributed by atoms with van der Waals surface area (Å²) < 4.78 is 6.00. The van der Waals surface area contributed by atoms with Gasteiger partial charge in [-0.25, -0.2) is 0 Å². The molecule has 3 fully saturated rings. The van der Waals surface area contributed by atoms with Crippen molar-refractivity contribution in [3.05, 3.63) is 0 Å². The molecule has 104 valence electrons. The summed E-state index contributed by atoms with van der Waals surface area (Å²) in [5.74, 6) is 0.912. The molecule has 0 spiro atoms. The molecule has 0 aromatic heterocycles. The Morgan fingerprint density at radius 3 is 3.06 bits per heavy atom. The molecule has 3 aliphatic rings. The largest absolute Gasteiger partial charge is 0.375 e. The summed E-state index contributed by atoms with van der Waals surface area (Å²) in [5, 5.41) is 3.60. The molecule has 1 N–H and O–H groups in total. The SMILES string of the molecule is CCC1(C)CC(N2CCCC3CNCC32)CCO1. The second kappa shape index (κ2) is 5.10. The van der Waals surface area contributed by atoms with Gasteiger partial charge in [-0.05, 0) is 58.0 Å². The van der Waals surface area contributed by atoms with Crippen molar-refractivity contribution in [1.82, 2.24) is 10.2 Å². The molecule has 18 heavy (non-hydrogen) atoms. The first-order valence-electron chi connectivity index (χ1n) is 7.82. The monoisotopic (exact) mass is 252 g/mol. The van der Waals surface area contributed by atoms with Crippen molar-refractivity contribution in [2.24, 2.45) is 5.92 Å². The third kappa shape index (κ3) is 2.33. The Bertz CT molecular complexity index is 296. The summed E-state index contributed by atoms with van der Waals surface area (Å²) >= 11 is 0. The molecular formula is C15H28N2O. The van der Waals surface area contributed by atoms with Crippen LogP contribution in [0.5, 0.6) is 0 Å². The fraction of sp³-hybridized carbons (Fsp3) is 1.00. The first kappa shape index (κ1) is 12.9. The molecule has 0 amide bonds. The van der Waals surface area contributed by atoms with Crippen LogP contribution in [0, 0.1) is 5.92 Å². The molecule has 0 aliphatic carbocycles. The van der Waals surface area contributed by atoms with Crippen molar-refractivity contribution in [2.75, 3.05) is 26.2 Å². The fourth-order valence-electron chi connectivity index (χ4n) is 4.19. The van der Waals surface area contributed by atoms with E-state index >= 15 is 0 Å². The molecule has 3 rings (SSSR count). The molecule has 4 unspecified atom stereocenters. The molecule has 3 aliphatic heterocycles. The average Bonchev–Trinajstić information content (AvgIpc) is 2.87. The van der Waals surface area contributed by atoms with Crippen molar-refractivity contribution in [2.45, 2.75) is 63.6 Å². The van der Waals surface area contributed by atoms with Gasteiger partial charge in [-0.15, -0.1) is 0 Å². The van der Waals surface area contributed by atoms with Crippen molar-refractivity contribution >= 4 is 0 Å². The quantitative estimate of drug-likeness (QED) is 0.814. The van der Waals surface area contributed by atoms with E-state index in [9.17, 15) is 0 Å². The average molecular weight is 252 g/mol. The van der Waals surface area contributed by atoms with E-state index in [1.807, 2.05) is 0 Å². The van der Waals surface area contributed by atoms with E-state index in [0.29, 0.717) is 0 Å². The van der Waals surface area contributed by atoms with Gasteiger partial charge in [0.15, 0.2) is 0 Å². The lowest BCUT2D eigenvalue weighted by Gasteiger charge is -2.47. The zero-order valence-corrected chi connectivity index (χ0v) is 12.0. The van der Waals surface area contributed by atoms with Crippen LogP contribution in [0.25, 0.3) is 0 Å². The molecule has 4 atom stereocenters. The Balaban J connectivity index is 1.69. The van der Waals surface area contributed by atoms with Crippen LogP contribution in [0.2, 0.25) is 0 Å². The van der Waals surface area contributed by atoms with Crippen LogP contribution >= 0.6 is 0 Å². The van der Waals surface area contributed by atoms with Crippen LogP contribution in [0.3, 0.4) is 0 Å². The normalized spacial score (nSPS) is 46.0. The zero-order chi connectivity index (χ0) is 12.6. The van der Waals surface area contributed by atoms with E-state index in [2.05, 4.69) is 24.1 Å². The highest BCUT2D eigenvalue weighted by molar-refractivity contribution is 4.97. The standard InChI is InChI=1S/C15H28N2O/c1-3-15(2)9-13(6-8-18-15)17-7-4-5-12-10-16-11-14(12)17/h12-14,16H,3-11H2,1-2H3. The molecule has 3 heterocycles. The Morgan fingerprint density at radius 2 is 2.22 bits per heavy atom. The van der Waals surface area contributed by atoms with Gasteiger partial charge in [0, 0.05) is 25.2 Å². The summed E-state index contributed by atoms with van der Waals surface area (Å²) in [6, 6.07) is 1.57. The summed E-state index contributed by atoms with van der Waals surface area (Å²) in [4.78, 5) is 2.82. The molecule has 3 saturated heterocycles. The number of ether oxygens (including phenoxy) is 1. The molecule has 0 saturated carbocycles. The Labute approximate surface area is 111 Å². The number of fused-ring (bicyclic) bond motifs is 1. The summed E-state index contributed by atoms with van der Waals surface area (Å²) in [6.07, 6.45) is 6.43. The number of hydrogen-bond donors (Lipinski definition) is 1. The highest BCUT2D eigenvalue weighted by Crippen LogP contribution is 2.35. The van der Waals surface area contributed by atoms with Crippen molar-refractivity contribution in [1.29, 1.82) is 0 Å². The van der Waals surface area contributed by atoms with Crippen molar-refractivity contribution < 1.29 is 4.74 Å². The molecule has 3 heteroatoms. The lowest BCUT2D eigenvalue weighted by Crippen LogP contribution is -2.55. The maximum atomic E-state index is 6.00. The molecule has 0 aromatic rings. The Hall–Kier alpha value is -0.120. The van der Waals surface area contributed by atoms with Crippen LogP contribution < -0.4 is 5.32 Å². The predicted molar refractivity (Wildman–Crippen MR) is 73.8 cm³/mol. The highest BCUT2D eigenvalue weighted by atomic mass is 16.5. The van der Waals surface area contributed by atoms with Gasteiger partial charge in [-0.1, -0.05) is 6.92 Å². The second-order valence-electron chi connectivity index (χ2n) is 6.66. The molecular weight excluding hydrogens is 224 g/mol. The number of nitrogens with zero attached hydrogens (tertiary/aromatic N) is 1. The van der Waals surface area contributed by atoms with Crippen molar-refractivity contribution in [3.63, 3.8) is 0 Å². The van der Waals surface area contributed by atoms with Gasteiger partial charge in [0.05, 0.1) is 5.60 Å². The smallest absolute Gasteiger partial charge is 0.0666 e. The predicted octanol–water partition coefficient (Wildman–Crippen LogP) is 2.02. The van der Waals surface area contributed by atoms with Crippen LogP contribution in [-0.4, -0.2) is 48.8 Å². The number of hydrogen-bond acceptors (Lipinski definition) is 3. The van der Waals surface area contributed by atoms with E-state index in [1.165, 1.54) is 45.3 Å². The zero-order valence-electron chi connectivity index (χ0n) is 12.0. The lowest BCUT2D eigenvalue weighted by molar-refractivity contribution is -0.106. The topological polar surface area (TPSA) is 24.5 Å². The molecule has 0 radical (unpaired) electrons. The van der Waals surface area contributed by atoms with Gasteiger partial charge in [-0.2, -0.15) is 0 Å². The fourth-order valence-corrected chi connectivity index (χ4v) is 4.19. The van der Waals surface area contributed by atoms with E-state index in [-0.39, 0.29) is 5.60 Å². The molecule has 0 bridgehead atoms. The second-order valence-corrected chi connectivity index (χ2v) is 6.66. The maximum absolute atomic E-state index is 6.00. The van der Waals surface area contributed by atoms with Crippen LogP contribution in [-0.2, 0) is 4.74 Å². The van der Waals surface area contributed by atoms with Gasteiger partial charge < -0.3 is 10.1 Å². The van der Waals surface area contributed by atoms with Crippen molar-refractivity contribution in [3.8, 4) is 0 Å². The number of likely N-dealkylation sites (tertiary alicyclic amines) is 1. The third-order valence-corrected chi connectivity index (χ3v) is 5.51. The number of rotatable bonds is 2. The first-order valence-corrected chi connectivity index (χ1v) is 7.82. The van der Waals surface area contributed by atoms with Gasteiger partial charge in [0.2, 0.25) is 0 Å². The van der Waals surface area contributed by atoms with Gasteiger partial charge in [0.1, 0.15) is 0 Å². The number of piperidine rings is 1. The van der Waals surface area contributed by atoms with E-state index in [1.54, 1.807) is 0 Å². The Kier molecular flexibility index (Phi) is 3.65. The minimum Gasteiger partial charge on any atom is -0.375 e. The first-order chi connectivity index (χ1) is 8.72. The van der Waals surface area contributed by atoms with Gasteiger partial charge in [-0.3, -0.25) is 4.90 Å². The molecule has 3 nitrogen and oxygen atoms in total. The van der Waals surface area contributed by atoms with E-state index in [4.69, 9.17) is 4.74 Å².